The Morgan fingerprint density at radius 1 is 1.41 bits per heavy atom. The Morgan fingerprint density at radius 2 is 2.22 bits per heavy atom. The van der Waals surface area contributed by atoms with Crippen molar-refractivity contribution in [1.29, 1.82) is 0 Å². The fourth-order valence-electron chi connectivity index (χ4n) is 3.49. The van der Waals surface area contributed by atoms with E-state index in [2.05, 4.69) is 29.0 Å². The summed E-state index contributed by atoms with van der Waals surface area (Å²) in [7, 11) is 1.63. The lowest BCUT2D eigenvalue weighted by molar-refractivity contribution is -0.0295. The molecule has 1 saturated heterocycles. The van der Waals surface area contributed by atoms with E-state index < -0.39 is 0 Å². The van der Waals surface area contributed by atoms with Gasteiger partial charge in [0.2, 0.25) is 0 Å². The predicted octanol–water partition coefficient (Wildman–Crippen LogP) is 2.64. The molecule has 0 spiro atoms. The Kier molecular flexibility index (Phi) is 6.29. The molecule has 1 N–H and O–H groups in total. The first kappa shape index (κ1) is 19.6. The van der Waals surface area contributed by atoms with E-state index >= 15 is 0 Å². The highest BCUT2D eigenvalue weighted by Crippen LogP contribution is 2.21. The van der Waals surface area contributed by atoms with Crippen LogP contribution in [0.2, 0.25) is 0 Å². The van der Waals surface area contributed by atoms with Crippen LogP contribution in [0.15, 0.2) is 24.3 Å². The monoisotopic (exact) mass is 371 g/mol. The molecule has 1 aromatic heterocycles. The lowest BCUT2D eigenvalue weighted by Crippen LogP contribution is -2.48. The number of ether oxygens (including phenoxy) is 2. The summed E-state index contributed by atoms with van der Waals surface area (Å²) in [5.41, 5.74) is 2.13. The smallest absolute Gasteiger partial charge is 0.253 e. The van der Waals surface area contributed by atoms with E-state index in [4.69, 9.17) is 9.47 Å². The highest BCUT2D eigenvalue weighted by Gasteiger charge is 2.22. The number of rotatable bonds is 6. The van der Waals surface area contributed by atoms with E-state index in [0.717, 1.165) is 36.3 Å². The van der Waals surface area contributed by atoms with E-state index in [-0.39, 0.29) is 12.0 Å². The number of pyridine rings is 1. The van der Waals surface area contributed by atoms with E-state index in [9.17, 15) is 4.79 Å². The third-order valence-corrected chi connectivity index (χ3v) is 4.80. The number of methoxy groups -OCH3 is 1. The number of benzene rings is 1. The molecule has 0 bridgehead atoms. The zero-order valence-electron chi connectivity index (χ0n) is 16.6. The first-order valence-electron chi connectivity index (χ1n) is 9.54. The van der Waals surface area contributed by atoms with E-state index in [1.54, 1.807) is 7.11 Å². The Morgan fingerprint density at radius 3 is 2.96 bits per heavy atom. The third-order valence-electron chi connectivity index (χ3n) is 4.80. The van der Waals surface area contributed by atoms with Crippen LogP contribution in [0.1, 0.15) is 29.9 Å². The summed E-state index contributed by atoms with van der Waals surface area (Å²) in [5, 5.41) is 3.94. The molecule has 0 radical (unpaired) electrons. The quantitative estimate of drug-likeness (QED) is 0.846. The Labute approximate surface area is 160 Å². The van der Waals surface area contributed by atoms with Gasteiger partial charge in [0.25, 0.3) is 5.91 Å². The van der Waals surface area contributed by atoms with Gasteiger partial charge in [-0.3, -0.25) is 14.7 Å². The van der Waals surface area contributed by atoms with Gasteiger partial charge in [0.1, 0.15) is 5.75 Å². The molecule has 1 atom stereocenters. The molecular weight excluding hydrogens is 342 g/mol. The minimum absolute atomic E-state index is 0.0273. The lowest BCUT2D eigenvalue weighted by atomic mass is 10.1. The van der Waals surface area contributed by atoms with Crippen molar-refractivity contribution in [3.8, 4) is 5.75 Å². The fraction of sp³-hybridized carbons (Fsp3) is 0.524. The maximum Gasteiger partial charge on any atom is 0.253 e. The summed E-state index contributed by atoms with van der Waals surface area (Å²) in [6.45, 7) is 10.4. The number of fused-ring (bicyclic) bond motifs is 1. The van der Waals surface area contributed by atoms with Crippen molar-refractivity contribution < 1.29 is 14.3 Å². The molecule has 0 saturated carbocycles. The molecule has 146 valence electrons. The van der Waals surface area contributed by atoms with Crippen LogP contribution < -0.4 is 10.1 Å². The van der Waals surface area contributed by atoms with E-state index in [1.165, 1.54) is 0 Å². The van der Waals surface area contributed by atoms with Gasteiger partial charge in [-0.15, -0.1) is 0 Å². The van der Waals surface area contributed by atoms with Crippen molar-refractivity contribution in [2.24, 2.45) is 5.92 Å². The fourth-order valence-corrected chi connectivity index (χ4v) is 3.49. The molecule has 1 amide bonds. The van der Waals surface area contributed by atoms with Gasteiger partial charge < -0.3 is 14.8 Å². The molecule has 2 heterocycles. The minimum atomic E-state index is -0.109. The standard InChI is InChI=1S/C21H29N3O3/c1-14(2)12-24-7-8-27-18(13-24)11-22-21(25)19-9-16-5-6-17(26-4)10-20(16)23-15(19)3/h5-6,9-10,14,18H,7-8,11-13H2,1-4H3,(H,22,25). The number of hydrogen-bond donors (Lipinski definition) is 1. The van der Waals surface area contributed by atoms with Crippen molar-refractivity contribution in [2.75, 3.05) is 39.9 Å². The summed E-state index contributed by atoms with van der Waals surface area (Å²) in [6.07, 6.45) is 0.0273. The van der Waals surface area contributed by atoms with Gasteiger partial charge in [0.05, 0.1) is 36.6 Å². The number of aromatic nitrogens is 1. The lowest BCUT2D eigenvalue weighted by Gasteiger charge is -2.34. The first-order chi connectivity index (χ1) is 13.0. The average molecular weight is 371 g/mol. The van der Waals surface area contributed by atoms with Crippen molar-refractivity contribution in [2.45, 2.75) is 26.9 Å². The number of nitrogens with one attached hydrogen (secondary N) is 1. The molecule has 27 heavy (non-hydrogen) atoms. The molecule has 1 unspecified atom stereocenters. The zero-order valence-corrected chi connectivity index (χ0v) is 16.6. The average Bonchev–Trinajstić information content (AvgIpc) is 2.64. The topological polar surface area (TPSA) is 63.7 Å². The van der Waals surface area contributed by atoms with Gasteiger partial charge in [-0.05, 0) is 31.0 Å². The van der Waals surface area contributed by atoms with Crippen molar-refractivity contribution in [3.05, 3.63) is 35.5 Å². The van der Waals surface area contributed by atoms with Crippen LogP contribution in [0, 0.1) is 12.8 Å². The molecular formula is C21H29N3O3. The number of nitrogens with zero attached hydrogens (tertiary/aromatic N) is 2. The van der Waals surface area contributed by atoms with Crippen LogP contribution in [-0.4, -0.2) is 61.8 Å². The molecule has 1 aromatic carbocycles. The Bertz CT molecular complexity index is 807. The summed E-state index contributed by atoms with van der Waals surface area (Å²) in [4.78, 5) is 19.7. The minimum Gasteiger partial charge on any atom is -0.497 e. The normalized spacial score (nSPS) is 18.0. The van der Waals surface area contributed by atoms with Crippen LogP contribution in [0.3, 0.4) is 0 Å². The summed E-state index contributed by atoms with van der Waals surface area (Å²) in [5.74, 6) is 1.28. The second kappa shape index (κ2) is 8.67. The van der Waals surface area contributed by atoms with Crippen LogP contribution >= 0.6 is 0 Å². The van der Waals surface area contributed by atoms with Gasteiger partial charge in [-0.2, -0.15) is 0 Å². The maximum atomic E-state index is 12.7. The molecule has 2 aromatic rings. The molecule has 1 aliphatic rings. The van der Waals surface area contributed by atoms with Gasteiger partial charge in [0, 0.05) is 37.6 Å². The highest BCUT2D eigenvalue weighted by molar-refractivity contribution is 5.98. The first-order valence-corrected chi connectivity index (χ1v) is 9.54. The number of aryl methyl sites for hydroxylation is 1. The number of morpholine rings is 1. The third kappa shape index (κ3) is 4.96. The molecule has 6 nitrogen and oxygen atoms in total. The van der Waals surface area contributed by atoms with Gasteiger partial charge in [-0.25, -0.2) is 0 Å². The molecule has 1 aliphatic heterocycles. The van der Waals surface area contributed by atoms with Gasteiger partial charge >= 0.3 is 0 Å². The van der Waals surface area contributed by atoms with E-state index in [1.807, 2.05) is 31.2 Å². The zero-order chi connectivity index (χ0) is 19.4. The molecule has 1 fully saturated rings. The largest absolute Gasteiger partial charge is 0.497 e. The SMILES string of the molecule is COc1ccc2cc(C(=O)NCC3CN(CC(C)C)CCO3)c(C)nc2c1. The highest BCUT2D eigenvalue weighted by atomic mass is 16.5. The molecule has 3 rings (SSSR count). The van der Waals surface area contributed by atoms with Crippen LogP contribution in [0.25, 0.3) is 10.9 Å². The molecule has 0 aliphatic carbocycles. The van der Waals surface area contributed by atoms with Crippen molar-refractivity contribution in [3.63, 3.8) is 0 Å². The van der Waals surface area contributed by atoms with Crippen LogP contribution in [0.4, 0.5) is 0 Å². The van der Waals surface area contributed by atoms with Gasteiger partial charge in [-0.1, -0.05) is 13.8 Å². The summed E-state index contributed by atoms with van der Waals surface area (Å²) < 4.78 is 11.1. The predicted molar refractivity (Wildman–Crippen MR) is 106 cm³/mol. The summed E-state index contributed by atoms with van der Waals surface area (Å²) >= 11 is 0. The number of amides is 1. The van der Waals surface area contributed by atoms with Gasteiger partial charge in [0.15, 0.2) is 0 Å². The number of carbonyl (C=O) groups excluding carboxylic acids is 1. The van der Waals surface area contributed by atoms with Crippen LogP contribution in [0.5, 0.6) is 5.75 Å². The van der Waals surface area contributed by atoms with Crippen LogP contribution in [-0.2, 0) is 4.74 Å². The van der Waals surface area contributed by atoms with Crippen molar-refractivity contribution in [1.82, 2.24) is 15.2 Å². The summed E-state index contributed by atoms with van der Waals surface area (Å²) in [6, 6.07) is 7.56. The number of hydrogen-bond acceptors (Lipinski definition) is 5. The number of carbonyl (C=O) groups is 1. The Balaban J connectivity index is 1.64. The maximum absolute atomic E-state index is 12.7. The Hall–Kier alpha value is -2.18. The second-order valence-electron chi connectivity index (χ2n) is 7.54. The molecule has 6 heteroatoms. The second-order valence-corrected chi connectivity index (χ2v) is 7.54. The van der Waals surface area contributed by atoms with Crippen molar-refractivity contribution >= 4 is 16.8 Å². The van der Waals surface area contributed by atoms with E-state index in [0.29, 0.717) is 30.3 Å².